The number of hydrogen-bond donors (Lipinski definition) is 1. The first-order valence-electron chi connectivity index (χ1n) is 7.05. The molecular formula is C17H12F3NO2S. The maximum absolute atomic E-state index is 13.6. The van der Waals surface area contributed by atoms with Gasteiger partial charge in [-0.05, 0) is 12.1 Å². The molecule has 2 aromatic carbocycles. The molecule has 0 amide bonds. The minimum Gasteiger partial charge on any atom is -0.374 e. The Kier molecular flexibility index (Phi) is 4.15. The molecule has 0 saturated carbocycles. The summed E-state index contributed by atoms with van der Waals surface area (Å²) in [5, 5.41) is 9.83. The molecule has 0 spiro atoms. The van der Waals surface area contributed by atoms with Crippen LogP contribution < -0.4 is 0 Å². The van der Waals surface area contributed by atoms with Crippen molar-refractivity contribution in [1.29, 1.82) is 0 Å². The second-order valence-corrected chi connectivity index (χ2v) is 6.34. The van der Waals surface area contributed by atoms with Crippen molar-refractivity contribution in [2.24, 2.45) is 0 Å². The van der Waals surface area contributed by atoms with Crippen molar-refractivity contribution < 1.29 is 23.1 Å². The maximum Gasteiger partial charge on any atom is 0.424 e. The predicted octanol–water partition coefficient (Wildman–Crippen LogP) is 4.32. The minimum absolute atomic E-state index is 0.112. The number of hydrogen-bond acceptors (Lipinski definition) is 4. The number of nitrogens with zero attached hydrogens (tertiary/aromatic N) is 1. The third-order valence-electron chi connectivity index (χ3n) is 3.63. The molecule has 3 aromatic rings. The number of aromatic nitrogens is 1. The van der Waals surface area contributed by atoms with Crippen molar-refractivity contribution in [2.75, 3.05) is 0 Å². The summed E-state index contributed by atoms with van der Waals surface area (Å²) in [4.78, 5) is 16.1. The van der Waals surface area contributed by atoms with Crippen molar-refractivity contribution in [2.45, 2.75) is 18.2 Å². The van der Waals surface area contributed by atoms with Crippen LogP contribution in [0, 0.1) is 0 Å². The molecule has 3 rings (SSSR count). The van der Waals surface area contributed by atoms with E-state index in [4.69, 9.17) is 0 Å². The Morgan fingerprint density at radius 3 is 2.29 bits per heavy atom. The Labute approximate surface area is 139 Å². The number of ketones is 1. The van der Waals surface area contributed by atoms with Crippen molar-refractivity contribution in [1.82, 2.24) is 4.98 Å². The first kappa shape index (κ1) is 16.6. The molecule has 0 saturated heterocycles. The summed E-state index contributed by atoms with van der Waals surface area (Å²) < 4.78 is 41.2. The van der Waals surface area contributed by atoms with Crippen LogP contribution in [0.3, 0.4) is 0 Å². The molecule has 0 aliphatic carbocycles. The zero-order chi connectivity index (χ0) is 17.4. The van der Waals surface area contributed by atoms with E-state index in [0.717, 1.165) is 11.3 Å². The smallest absolute Gasteiger partial charge is 0.374 e. The molecule has 3 nitrogen and oxygen atoms in total. The lowest BCUT2D eigenvalue weighted by molar-refractivity contribution is -0.264. The van der Waals surface area contributed by atoms with E-state index >= 15 is 0 Å². The standard InChI is InChI=1S/C17H12F3NO2S/c18-17(19,20)16(23,10-13(22)11-6-2-1-3-7-11)15-21-12-8-4-5-9-14(12)24-15/h1-9,23H,10H2. The van der Waals surface area contributed by atoms with E-state index in [9.17, 15) is 23.1 Å². The highest BCUT2D eigenvalue weighted by Crippen LogP contribution is 2.44. The SMILES string of the molecule is O=C(CC(O)(c1nc2ccccc2s1)C(F)(F)F)c1ccccc1. The molecule has 0 aliphatic rings. The van der Waals surface area contributed by atoms with Gasteiger partial charge in [-0.25, -0.2) is 4.98 Å². The third kappa shape index (κ3) is 2.92. The normalized spacial score (nSPS) is 14.5. The van der Waals surface area contributed by atoms with E-state index in [1.165, 1.54) is 12.1 Å². The Balaban J connectivity index is 2.03. The van der Waals surface area contributed by atoms with Crippen molar-refractivity contribution in [3.63, 3.8) is 0 Å². The fourth-order valence-corrected chi connectivity index (χ4v) is 3.38. The lowest BCUT2D eigenvalue weighted by atomic mass is 9.93. The monoisotopic (exact) mass is 351 g/mol. The van der Waals surface area contributed by atoms with Crippen LogP contribution in [-0.4, -0.2) is 22.1 Å². The summed E-state index contributed by atoms with van der Waals surface area (Å²) in [5.74, 6) is -0.797. The number of carbonyl (C=O) groups excluding carboxylic acids is 1. The van der Waals surface area contributed by atoms with Crippen LogP contribution in [0.4, 0.5) is 13.2 Å². The molecule has 0 radical (unpaired) electrons. The largest absolute Gasteiger partial charge is 0.424 e. The number of benzene rings is 2. The average Bonchev–Trinajstić information content (AvgIpc) is 2.99. The van der Waals surface area contributed by atoms with Gasteiger partial charge in [0.05, 0.1) is 16.6 Å². The third-order valence-corrected chi connectivity index (χ3v) is 4.82. The molecule has 1 atom stereocenters. The predicted molar refractivity (Wildman–Crippen MR) is 85.0 cm³/mol. The van der Waals surface area contributed by atoms with Crippen LogP contribution in [-0.2, 0) is 5.60 Å². The Hall–Kier alpha value is -2.25. The molecule has 0 aliphatic heterocycles. The Bertz CT molecular complexity index is 843. The molecule has 0 fully saturated rings. The topological polar surface area (TPSA) is 50.2 Å². The summed E-state index contributed by atoms with van der Waals surface area (Å²) in [6.45, 7) is 0. The average molecular weight is 351 g/mol. The lowest BCUT2D eigenvalue weighted by Gasteiger charge is -2.27. The molecule has 1 N–H and O–H groups in total. The number of rotatable bonds is 4. The summed E-state index contributed by atoms with van der Waals surface area (Å²) in [7, 11) is 0. The van der Waals surface area contributed by atoms with Crippen molar-refractivity contribution in [3.8, 4) is 0 Å². The van der Waals surface area contributed by atoms with Crippen molar-refractivity contribution >= 4 is 27.3 Å². The molecule has 124 valence electrons. The van der Waals surface area contributed by atoms with Gasteiger partial charge in [0.2, 0.25) is 5.60 Å². The van der Waals surface area contributed by atoms with Crippen LogP contribution in [0.15, 0.2) is 54.6 Å². The summed E-state index contributed by atoms with van der Waals surface area (Å²) in [5.41, 5.74) is -2.85. The minimum atomic E-state index is -5.02. The van der Waals surface area contributed by atoms with Gasteiger partial charge >= 0.3 is 6.18 Å². The highest BCUT2D eigenvalue weighted by molar-refractivity contribution is 7.18. The number of halogens is 3. The number of alkyl halides is 3. The van der Waals surface area contributed by atoms with Gasteiger partial charge in [0.25, 0.3) is 0 Å². The maximum atomic E-state index is 13.6. The molecule has 24 heavy (non-hydrogen) atoms. The first-order valence-corrected chi connectivity index (χ1v) is 7.86. The zero-order valence-corrected chi connectivity index (χ0v) is 13.1. The van der Waals surface area contributed by atoms with Crippen LogP contribution in [0.2, 0.25) is 0 Å². The fraction of sp³-hybridized carbons (Fsp3) is 0.176. The molecule has 1 aromatic heterocycles. The van der Waals surface area contributed by atoms with E-state index in [1.807, 2.05) is 0 Å². The summed E-state index contributed by atoms with van der Waals surface area (Å²) >= 11 is 0.735. The zero-order valence-electron chi connectivity index (χ0n) is 12.2. The van der Waals surface area contributed by atoms with Gasteiger partial charge in [0.15, 0.2) is 5.78 Å². The van der Waals surface area contributed by atoms with E-state index < -0.39 is 29.0 Å². The van der Waals surface area contributed by atoms with Gasteiger partial charge in [0, 0.05) is 5.56 Å². The molecule has 0 bridgehead atoms. The molecular weight excluding hydrogens is 339 g/mol. The first-order chi connectivity index (χ1) is 11.3. The highest BCUT2D eigenvalue weighted by atomic mass is 32.1. The molecule has 1 heterocycles. The number of fused-ring (bicyclic) bond motifs is 1. The number of thiazole rings is 1. The van der Waals surface area contributed by atoms with Crippen LogP contribution >= 0.6 is 11.3 Å². The second-order valence-electron chi connectivity index (χ2n) is 5.31. The quantitative estimate of drug-likeness (QED) is 0.712. The number of para-hydroxylation sites is 1. The summed E-state index contributed by atoms with van der Waals surface area (Å²) in [6, 6.07) is 14.1. The number of carbonyl (C=O) groups is 1. The Morgan fingerprint density at radius 2 is 1.67 bits per heavy atom. The van der Waals surface area contributed by atoms with Gasteiger partial charge in [-0.15, -0.1) is 11.3 Å². The lowest BCUT2D eigenvalue weighted by Crippen LogP contribution is -2.44. The molecule has 7 heteroatoms. The number of aliphatic hydroxyl groups is 1. The van der Waals surface area contributed by atoms with Gasteiger partial charge in [-0.1, -0.05) is 42.5 Å². The van der Waals surface area contributed by atoms with E-state index in [1.54, 1.807) is 42.5 Å². The molecule has 1 unspecified atom stereocenters. The van der Waals surface area contributed by atoms with Crippen LogP contribution in [0.5, 0.6) is 0 Å². The van der Waals surface area contributed by atoms with Crippen LogP contribution in [0.25, 0.3) is 10.2 Å². The Morgan fingerprint density at radius 1 is 1.04 bits per heavy atom. The van der Waals surface area contributed by atoms with E-state index in [2.05, 4.69) is 4.98 Å². The van der Waals surface area contributed by atoms with Crippen LogP contribution in [0.1, 0.15) is 21.8 Å². The van der Waals surface area contributed by atoms with Gasteiger partial charge in [0.1, 0.15) is 5.01 Å². The van der Waals surface area contributed by atoms with Crippen molar-refractivity contribution in [3.05, 3.63) is 65.2 Å². The van der Waals surface area contributed by atoms with Gasteiger partial charge in [-0.2, -0.15) is 13.2 Å². The second kappa shape index (κ2) is 5.99. The number of Topliss-reactive ketones (excluding diaryl/α,β-unsaturated/α-hetero) is 1. The van der Waals surface area contributed by atoms with Gasteiger partial charge < -0.3 is 5.11 Å². The van der Waals surface area contributed by atoms with E-state index in [0.29, 0.717) is 10.2 Å². The van der Waals surface area contributed by atoms with E-state index in [-0.39, 0.29) is 5.56 Å². The summed E-state index contributed by atoms with van der Waals surface area (Å²) in [6.07, 6.45) is -6.13. The van der Waals surface area contributed by atoms with Gasteiger partial charge in [-0.3, -0.25) is 4.79 Å². The highest BCUT2D eigenvalue weighted by Gasteiger charge is 2.58. The fourth-order valence-electron chi connectivity index (χ4n) is 2.30.